The SMILES string of the molecule is C[C@H](OC[C@@H]1CCCCO1)C(=O)N1CCC[C@H](n2cncn2)C1. The maximum Gasteiger partial charge on any atom is 0.251 e. The van der Waals surface area contributed by atoms with Crippen LogP contribution >= 0.6 is 0 Å². The van der Waals surface area contributed by atoms with Crippen LogP contribution in [0.2, 0.25) is 0 Å². The summed E-state index contributed by atoms with van der Waals surface area (Å²) in [6, 6.07) is 0.212. The van der Waals surface area contributed by atoms with Crippen LogP contribution in [0.15, 0.2) is 12.7 Å². The van der Waals surface area contributed by atoms with Crippen LogP contribution in [0.3, 0.4) is 0 Å². The van der Waals surface area contributed by atoms with Gasteiger partial charge in [0.05, 0.1) is 18.8 Å². The van der Waals surface area contributed by atoms with Crippen LogP contribution in [-0.2, 0) is 14.3 Å². The summed E-state index contributed by atoms with van der Waals surface area (Å²) in [6.45, 7) is 4.62. The average Bonchev–Trinajstić information content (AvgIpc) is 3.15. The number of hydrogen-bond donors (Lipinski definition) is 0. The van der Waals surface area contributed by atoms with Gasteiger partial charge in [-0.3, -0.25) is 4.79 Å². The summed E-state index contributed by atoms with van der Waals surface area (Å²) >= 11 is 0. The van der Waals surface area contributed by atoms with Gasteiger partial charge in [-0.25, -0.2) is 9.67 Å². The summed E-state index contributed by atoms with van der Waals surface area (Å²) < 4.78 is 13.3. The van der Waals surface area contributed by atoms with E-state index in [2.05, 4.69) is 10.1 Å². The highest BCUT2D eigenvalue weighted by molar-refractivity contribution is 5.80. The molecule has 0 bridgehead atoms. The van der Waals surface area contributed by atoms with Crippen molar-refractivity contribution in [3.63, 3.8) is 0 Å². The Kier molecular flexibility index (Phi) is 5.61. The minimum atomic E-state index is -0.421. The Labute approximate surface area is 137 Å². The summed E-state index contributed by atoms with van der Waals surface area (Å²) in [5.41, 5.74) is 0. The molecule has 0 radical (unpaired) electrons. The first-order valence-electron chi connectivity index (χ1n) is 8.60. The smallest absolute Gasteiger partial charge is 0.251 e. The number of piperidine rings is 1. The summed E-state index contributed by atoms with van der Waals surface area (Å²) in [7, 11) is 0. The lowest BCUT2D eigenvalue weighted by Crippen LogP contribution is -2.46. The quantitative estimate of drug-likeness (QED) is 0.820. The second kappa shape index (κ2) is 7.88. The largest absolute Gasteiger partial charge is 0.376 e. The Bertz CT molecular complexity index is 488. The van der Waals surface area contributed by atoms with Crippen molar-refractivity contribution in [1.29, 1.82) is 0 Å². The van der Waals surface area contributed by atoms with Crippen molar-refractivity contribution < 1.29 is 14.3 Å². The molecule has 7 nitrogen and oxygen atoms in total. The molecule has 2 fully saturated rings. The van der Waals surface area contributed by atoms with E-state index in [4.69, 9.17) is 9.47 Å². The molecule has 3 rings (SSSR count). The van der Waals surface area contributed by atoms with Gasteiger partial charge in [-0.2, -0.15) is 5.10 Å². The number of carbonyl (C=O) groups is 1. The van der Waals surface area contributed by atoms with Crippen molar-refractivity contribution in [3.05, 3.63) is 12.7 Å². The molecule has 0 N–H and O–H groups in total. The lowest BCUT2D eigenvalue weighted by molar-refractivity contribution is -0.147. The van der Waals surface area contributed by atoms with Gasteiger partial charge in [-0.15, -0.1) is 0 Å². The molecule has 2 aliphatic rings. The van der Waals surface area contributed by atoms with E-state index in [1.165, 1.54) is 12.7 Å². The molecule has 3 heterocycles. The van der Waals surface area contributed by atoms with Crippen molar-refractivity contribution >= 4 is 5.91 Å². The van der Waals surface area contributed by atoms with Crippen molar-refractivity contribution in [1.82, 2.24) is 19.7 Å². The first-order chi connectivity index (χ1) is 11.2. The van der Waals surface area contributed by atoms with Crippen LogP contribution in [0, 0.1) is 0 Å². The number of rotatable bonds is 5. The highest BCUT2D eigenvalue weighted by atomic mass is 16.5. The molecule has 2 aliphatic heterocycles. The van der Waals surface area contributed by atoms with Crippen LogP contribution in [0.1, 0.15) is 45.1 Å². The fraction of sp³-hybridized carbons (Fsp3) is 0.812. The third-order valence-corrected chi connectivity index (χ3v) is 4.67. The second-order valence-electron chi connectivity index (χ2n) is 6.42. The molecule has 1 aromatic rings. The van der Waals surface area contributed by atoms with Crippen LogP contribution < -0.4 is 0 Å². The van der Waals surface area contributed by atoms with Gasteiger partial charge in [-0.05, 0) is 39.0 Å². The highest BCUT2D eigenvalue weighted by Gasteiger charge is 2.29. The van der Waals surface area contributed by atoms with Crippen LogP contribution in [0.4, 0.5) is 0 Å². The van der Waals surface area contributed by atoms with Crippen molar-refractivity contribution in [3.8, 4) is 0 Å². The van der Waals surface area contributed by atoms with E-state index in [1.54, 1.807) is 6.33 Å². The molecule has 0 saturated carbocycles. The van der Waals surface area contributed by atoms with Crippen LogP contribution in [-0.4, -0.2) is 64.1 Å². The topological polar surface area (TPSA) is 69.5 Å². The monoisotopic (exact) mass is 322 g/mol. The van der Waals surface area contributed by atoms with E-state index in [0.717, 1.165) is 38.8 Å². The minimum absolute atomic E-state index is 0.0608. The Morgan fingerprint density at radius 2 is 2.30 bits per heavy atom. The van der Waals surface area contributed by atoms with E-state index >= 15 is 0 Å². The Morgan fingerprint density at radius 3 is 3.04 bits per heavy atom. The molecule has 0 unspecified atom stereocenters. The number of aromatic nitrogens is 3. The van der Waals surface area contributed by atoms with Crippen LogP contribution in [0.5, 0.6) is 0 Å². The van der Waals surface area contributed by atoms with Gasteiger partial charge >= 0.3 is 0 Å². The first-order valence-corrected chi connectivity index (χ1v) is 8.60. The number of amides is 1. The predicted molar refractivity (Wildman–Crippen MR) is 83.9 cm³/mol. The van der Waals surface area contributed by atoms with E-state index in [1.807, 2.05) is 16.5 Å². The van der Waals surface area contributed by atoms with Gasteiger partial charge in [0.15, 0.2) is 0 Å². The standard InChI is InChI=1S/C16H26N4O3/c1-13(23-10-15-6-2-3-8-22-15)16(21)19-7-4-5-14(9-19)20-12-17-11-18-20/h11-15H,2-10H2,1H3/t13-,14-,15-/m0/s1. The maximum atomic E-state index is 12.6. The van der Waals surface area contributed by atoms with E-state index in [9.17, 15) is 4.79 Å². The summed E-state index contributed by atoms with van der Waals surface area (Å²) in [5, 5.41) is 4.20. The third-order valence-electron chi connectivity index (χ3n) is 4.67. The summed E-state index contributed by atoms with van der Waals surface area (Å²) in [4.78, 5) is 18.5. The maximum absolute atomic E-state index is 12.6. The third kappa shape index (κ3) is 4.29. The van der Waals surface area contributed by atoms with Crippen LogP contribution in [0.25, 0.3) is 0 Å². The van der Waals surface area contributed by atoms with Gasteiger partial charge in [-0.1, -0.05) is 0 Å². The molecule has 0 spiro atoms. The number of ether oxygens (including phenoxy) is 2. The molecule has 0 aliphatic carbocycles. The molecule has 128 valence electrons. The molecular weight excluding hydrogens is 296 g/mol. The molecule has 0 aromatic carbocycles. The van der Waals surface area contributed by atoms with Gasteiger partial charge in [0.2, 0.25) is 0 Å². The highest BCUT2D eigenvalue weighted by Crippen LogP contribution is 2.21. The molecule has 1 aromatic heterocycles. The molecule has 1 amide bonds. The molecule has 3 atom stereocenters. The Balaban J connectivity index is 1.48. The fourth-order valence-electron chi connectivity index (χ4n) is 3.30. The average molecular weight is 322 g/mol. The number of hydrogen-bond acceptors (Lipinski definition) is 5. The molecular formula is C16H26N4O3. The lowest BCUT2D eigenvalue weighted by atomic mass is 10.1. The Hall–Kier alpha value is -1.47. The van der Waals surface area contributed by atoms with E-state index < -0.39 is 6.10 Å². The predicted octanol–water partition coefficient (Wildman–Crippen LogP) is 1.42. The van der Waals surface area contributed by atoms with E-state index in [0.29, 0.717) is 13.2 Å². The van der Waals surface area contributed by atoms with E-state index in [-0.39, 0.29) is 18.1 Å². The minimum Gasteiger partial charge on any atom is -0.376 e. The Morgan fingerprint density at radius 1 is 1.39 bits per heavy atom. The second-order valence-corrected chi connectivity index (χ2v) is 6.42. The number of carbonyl (C=O) groups excluding carboxylic acids is 1. The number of likely N-dealkylation sites (tertiary alicyclic amines) is 1. The first kappa shape index (κ1) is 16.4. The van der Waals surface area contributed by atoms with Gasteiger partial charge < -0.3 is 14.4 Å². The number of nitrogens with zero attached hydrogens (tertiary/aromatic N) is 4. The van der Waals surface area contributed by atoms with Gasteiger partial charge in [0, 0.05) is 19.7 Å². The summed E-state index contributed by atoms with van der Waals surface area (Å²) in [6.07, 6.45) is 8.32. The summed E-state index contributed by atoms with van der Waals surface area (Å²) in [5.74, 6) is 0.0608. The van der Waals surface area contributed by atoms with Crippen molar-refractivity contribution in [2.75, 3.05) is 26.3 Å². The molecule has 7 heteroatoms. The van der Waals surface area contributed by atoms with Crippen molar-refractivity contribution in [2.24, 2.45) is 0 Å². The fourth-order valence-corrected chi connectivity index (χ4v) is 3.30. The zero-order valence-electron chi connectivity index (χ0n) is 13.8. The van der Waals surface area contributed by atoms with Crippen molar-refractivity contribution in [2.45, 2.75) is 57.3 Å². The molecule has 23 heavy (non-hydrogen) atoms. The normalized spacial score (nSPS) is 26.9. The molecule has 2 saturated heterocycles. The lowest BCUT2D eigenvalue weighted by Gasteiger charge is -2.34. The zero-order chi connectivity index (χ0) is 16.1. The van der Waals surface area contributed by atoms with Gasteiger partial charge in [0.25, 0.3) is 5.91 Å². The van der Waals surface area contributed by atoms with Gasteiger partial charge in [0.1, 0.15) is 18.8 Å². The zero-order valence-corrected chi connectivity index (χ0v) is 13.8.